The predicted molar refractivity (Wildman–Crippen MR) is 114 cm³/mol. The SMILES string of the molecule is O=C(c1nc2c(C(F)(F)F)cc(-c3ccoc3)cn2c1Br)N1CCC(n2c(O)coc2=O)CC1. The maximum absolute atomic E-state index is 13.8. The molecule has 1 N–H and O–H groups in total. The number of halogens is 4. The van der Waals surface area contributed by atoms with Crippen molar-refractivity contribution in [2.75, 3.05) is 13.1 Å². The molecular formula is C21H16BrF3N4O5. The lowest BCUT2D eigenvalue weighted by Crippen LogP contribution is -2.40. The zero-order chi connectivity index (χ0) is 24.2. The van der Waals surface area contributed by atoms with Crippen LogP contribution in [-0.4, -0.2) is 43.0 Å². The summed E-state index contributed by atoms with van der Waals surface area (Å²) in [4.78, 5) is 30.5. The third-order valence-electron chi connectivity index (χ3n) is 5.85. The number of aromatic hydroxyl groups is 1. The molecule has 0 aliphatic carbocycles. The average molecular weight is 541 g/mol. The zero-order valence-electron chi connectivity index (χ0n) is 17.3. The van der Waals surface area contributed by atoms with Crippen LogP contribution in [-0.2, 0) is 6.18 Å². The van der Waals surface area contributed by atoms with E-state index in [0.29, 0.717) is 18.4 Å². The van der Waals surface area contributed by atoms with Crippen LogP contribution in [0.25, 0.3) is 16.8 Å². The van der Waals surface area contributed by atoms with Gasteiger partial charge in [0.05, 0.1) is 18.1 Å². The van der Waals surface area contributed by atoms with Crippen molar-refractivity contribution in [3.8, 4) is 17.0 Å². The molecule has 9 nitrogen and oxygen atoms in total. The molecule has 4 aromatic heterocycles. The molecule has 13 heteroatoms. The van der Waals surface area contributed by atoms with E-state index in [0.717, 1.165) is 16.9 Å². The molecule has 1 aliphatic heterocycles. The van der Waals surface area contributed by atoms with Gasteiger partial charge in [0.15, 0.2) is 17.6 Å². The lowest BCUT2D eigenvalue weighted by atomic mass is 10.0. The monoisotopic (exact) mass is 540 g/mol. The van der Waals surface area contributed by atoms with E-state index in [2.05, 4.69) is 25.3 Å². The Labute approximate surface area is 197 Å². The molecule has 178 valence electrons. The van der Waals surface area contributed by atoms with Gasteiger partial charge in [0.2, 0.25) is 5.88 Å². The van der Waals surface area contributed by atoms with E-state index >= 15 is 0 Å². The number of likely N-dealkylation sites (tertiary alicyclic amines) is 1. The Balaban J connectivity index is 1.48. The maximum atomic E-state index is 13.8. The minimum Gasteiger partial charge on any atom is -0.492 e. The Morgan fingerprint density at radius 1 is 1.21 bits per heavy atom. The largest absolute Gasteiger partial charge is 0.492 e. The normalized spacial score (nSPS) is 15.4. The molecule has 0 radical (unpaired) electrons. The van der Waals surface area contributed by atoms with E-state index in [-0.39, 0.29) is 40.9 Å². The fourth-order valence-electron chi connectivity index (χ4n) is 4.17. The van der Waals surface area contributed by atoms with Gasteiger partial charge in [0, 0.05) is 36.5 Å². The second-order valence-electron chi connectivity index (χ2n) is 7.85. The molecule has 34 heavy (non-hydrogen) atoms. The number of furan rings is 1. The number of rotatable bonds is 3. The van der Waals surface area contributed by atoms with Crippen LogP contribution in [0.3, 0.4) is 0 Å². The van der Waals surface area contributed by atoms with Crippen LogP contribution >= 0.6 is 15.9 Å². The Bertz CT molecular complexity index is 1430. The fourth-order valence-corrected chi connectivity index (χ4v) is 4.70. The van der Waals surface area contributed by atoms with Crippen molar-refractivity contribution in [2.45, 2.75) is 25.1 Å². The van der Waals surface area contributed by atoms with E-state index in [1.54, 1.807) is 0 Å². The summed E-state index contributed by atoms with van der Waals surface area (Å²) in [6, 6.07) is 2.13. The summed E-state index contributed by atoms with van der Waals surface area (Å²) in [5.74, 6) is -1.54. The van der Waals surface area contributed by atoms with Gasteiger partial charge in [-0.1, -0.05) is 0 Å². The number of aromatic nitrogens is 3. The third kappa shape index (κ3) is 3.69. The molecule has 1 saturated heterocycles. The molecule has 0 aromatic carbocycles. The highest BCUT2D eigenvalue weighted by molar-refractivity contribution is 9.10. The van der Waals surface area contributed by atoms with Crippen molar-refractivity contribution in [1.29, 1.82) is 0 Å². The summed E-state index contributed by atoms with van der Waals surface area (Å²) in [5, 5.41) is 9.81. The maximum Gasteiger partial charge on any atom is 0.422 e. The molecule has 1 aliphatic rings. The van der Waals surface area contributed by atoms with E-state index in [9.17, 15) is 27.9 Å². The van der Waals surface area contributed by atoms with Crippen LogP contribution in [0.15, 0.2) is 55.4 Å². The van der Waals surface area contributed by atoms with Gasteiger partial charge in [-0.15, -0.1) is 0 Å². The van der Waals surface area contributed by atoms with Crippen molar-refractivity contribution in [1.82, 2.24) is 18.9 Å². The van der Waals surface area contributed by atoms with Crippen molar-refractivity contribution in [3.63, 3.8) is 0 Å². The molecule has 5 rings (SSSR count). The number of imidazole rings is 1. The summed E-state index contributed by atoms with van der Waals surface area (Å²) >= 11 is 3.25. The number of carbonyl (C=O) groups is 1. The van der Waals surface area contributed by atoms with Crippen molar-refractivity contribution < 1.29 is 31.9 Å². The summed E-state index contributed by atoms with van der Waals surface area (Å²) < 4.78 is 53.6. The lowest BCUT2D eigenvalue weighted by Gasteiger charge is -2.31. The van der Waals surface area contributed by atoms with E-state index in [1.807, 2.05) is 0 Å². The van der Waals surface area contributed by atoms with Gasteiger partial charge in [0.25, 0.3) is 5.91 Å². The first-order valence-corrected chi connectivity index (χ1v) is 10.9. The van der Waals surface area contributed by atoms with E-state index < -0.39 is 29.1 Å². The third-order valence-corrected chi connectivity index (χ3v) is 6.61. The first-order chi connectivity index (χ1) is 16.1. The lowest BCUT2D eigenvalue weighted by molar-refractivity contribution is -0.136. The molecule has 0 unspecified atom stereocenters. The zero-order valence-corrected chi connectivity index (χ0v) is 18.8. The fraction of sp³-hybridized carbons (Fsp3) is 0.286. The molecule has 1 amide bonds. The number of nitrogens with zero attached hydrogens (tertiary/aromatic N) is 4. The van der Waals surface area contributed by atoms with Crippen LogP contribution in [0, 0.1) is 0 Å². The second kappa shape index (κ2) is 8.08. The highest BCUT2D eigenvalue weighted by Crippen LogP contribution is 2.37. The van der Waals surface area contributed by atoms with Crippen LogP contribution < -0.4 is 5.76 Å². The van der Waals surface area contributed by atoms with Crippen LogP contribution in [0.1, 0.15) is 34.9 Å². The summed E-state index contributed by atoms with van der Waals surface area (Å²) in [6.07, 6.45) is 1.07. The van der Waals surface area contributed by atoms with Gasteiger partial charge in [-0.05, 0) is 40.9 Å². The Kier molecular flexibility index (Phi) is 5.30. The number of alkyl halides is 3. The molecule has 0 atom stereocenters. The number of hydrogen-bond donors (Lipinski definition) is 1. The predicted octanol–water partition coefficient (Wildman–Crippen LogP) is 4.31. The van der Waals surface area contributed by atoms with Gasteiger partial charge >= 0.3 is 11.9 Å². The van der Waals surface area contributed by atoms with Crippen molar-refractivity contribution >= 4 is 27.5 Å². The van der Waals surface area contributed by atoms with E-state index in [4.69, 9.17) is 4.42 Å². The molecule has 0 spiro atoms. The van der Waals surface area contributed by atoms with Crippen LogP contribution in [0.4, 0.5) is 13.2 Å². The number of fused-ring (bicyclic) bond motifs is 1. The number of piperidine rings is 1. The minimum atomic E-state index is -4.70. The highest BCUT2D eigenvalue weighted by atomic mass is 79.9. The standard InChI is InChI=1S/C21H16BrF3N4O5/c22-17-16(19(31)27-4-1-13(2-5-27)29-15(30)10-34-20(29)32)26-18-14(21(23,24)25)7-12(8-28(17)18)11-3-6-33-9-11/h3,6-10,13,30H,1-2,4-5H2. The van der Waals surface area contributed by atoms with Gasteiger partial charge in [0.1, 0.15) is 4.60 Å². The molecular weight excluding hydrogens is 525 g/mol. The van der Waals surface area contributed by atoms with Crippen LogP contribution in [0.5, 0.6) is 5.88 Å². The number of hydrogen-bond acceptors (Lipinski definition) is 6. The van der Waals surface area contributed by atoms with Crippen LogP contribution in [0.2, 0.25) is 0 Å². The number of carbonyl (C=O) groups excluding carboxylic acids is 1. The van der Waals surface area contributed by atoms with Gasteiger partial charge in [-0.3, -0.25) is 9.20 Å². The van der Waals surface area contributed by atoms with Gasteiger partial charge in [-0.25, -0.2) is 14.3 Å². The highest BCUT2D eigenvalue weighted by Gasteiger charge is 2.37. The summed E-state index contributed by atoms with van der Waals surface area (Å²) in [6.45, 7) is 0.431. The smallest absolute Gasteiger partial charge is 0.422 e. The topological polar surface area (TPSA) is 106 Å². The second-order valence-corrected chi connectivity index (χ2v) is 8.60. The first-order valence-electron chi connectivity index (χ1n) is 10.1. The molecule has 4 aromatic rings. The average Bonchev–Trinajstić information content (AvgIpc) is 3.52. The molecule has 5 heterocycles. The summed E-state index contributed by atoms with van der Waals surface area (Å²) in [5.41, 5.74) is -0.853. The van der Waals surface area contributed by atoms with Gasteiger partial charge in [-0.2, -0.15) is 13.2 Å². The molecule has 0 bridgehead atoms. The first kappa shape index (κ1) is 22.3. The molecule has 0 saturated carbocycles. The Morgan fingerprint density at radius 3 is 2.53 bits per heavy atom. The minimum absolute atomic E-state index is 0.0918. The summed E-state index contributed by atoms with van der Waals surface area (Å²) in [7, 11) is 0. The molecule has 1 fully saturated rings. The quantitative estimate of drug-likeness (QED) is 0.415. The van der Waals surface area contributed by atoms with Crippen molar-refractivity contribution in [2.24, 2.45) is 0 Å². The van der Waals surface area contributed by atoms with Gasteiger partial charge < -0.3 is 18.8 Å². The Morgan fingerprint density at radius 2 is 1.94 bits per heavy atom. The number of amides is 1. The van der Waals surface area contributed by atoms with Crippen molar-refractivity contribution in [3.05, 3.63) is 63.5 Å². The number of pyridine rings is 1. The number of oxazole rings is 1. The van der Waals surface area contributed by atoms with E-state index in [1.165, 1.54) is 34.1 Å². The Hall–Kier alpha value is -3.48.